The zero-order valence-corrected chi connectivity index (χ0v) is 24.4. The molecule has 0 radical (unpaired) electrons. The summed E-state index contributed by atoms with van der Waals surface area (Å²) in [6, 6.07) is 0. The lowest BCUT2D eigenvalue weighted by molar-refractivity contribution is -0.145. The van der Waals surface area contributed by atoms with E-state index in [1.165, 1.54) is 78.4 Å². The highest BCUT2D eigenvalue weighted by atomic mass is 16.5. The van der Waals surface area contributed by atoms with E-state index < -0.39 is 0 Å². The minimum atomic E-state index is -0.0707. The summed E-state index contributed by atoms with van der Waals surface area (Å²) in [6.07, 6.45) is 17.4. The molecule has 5 atom stereocenters. The monoisotopic (exact) mass is 484 g/mol. The van der Waals surface area contributed by atoms with Crippen molar-refractivity contribution in [2.45, 2.75) is 138 Å². The van der Waals surface area contributed by atoms with Crippen molar-refractivity contribution >= 4 is 11.9 Å². The molecular formula is C30H60O4. The maximum absolute atomic E-state index is 11.2. The number of hydrogen-bond donors (Lipinski definition) is 0. The Labute approximate surface area is 213 Å². The van der Waals surface area contributed by atoms with Crippen LogP contribution in [0.3, 0.4) is 0 Å². The number of ether oxygens (including phenoxy) is 2. The van der Waals surface area contributed by atoms with Gasteiger partial charge in [0.2, 0.25) is 0 Å². The van der Waals surface area contributed by atoms with Gasteiger partial charge in [0.05, 0.1) is 26.1 Å². The summed E-state index contributed by atoms with van der Waals surface area (Å²) in [7, 11) is 2.93. The van der Waals surface area contributed by atoms with Crippen LogP contribution < -0.4 is 0 Å². The number of methoxy groups -OCH3 is 2. The van der Waals surface area contributed by atoms with Gasteiger partial charge in [-0.2, -0.15) is 0 Å². The van der Waals surface area contributed by atoms with Crippen LogP contribution in [0.25, 0.3) is 0 Å². The second-order valence-corrected chi connectivity index (χ2v) is 10.9. The van der Waals surface area contributed by atoms with Crippen LogP contribution in [0.4, 0.5) is 0 Å². The van der Waals surface area contributed by atoms with E-state index >= 15 is 0 Å². The Morgan fingerprint density at radius 2 is 0.882 bits per heavy atom. The summed E-state index contributed by atoms with van der Waals surface area (Å²) in [6.45, 7) is 15.4. The Kier molecular flexibility index (Phi) is 24.4. The van der Waals surface area contributed by atoms with Crippen LogP contribution >= 0.6 is 0 Å². The van der Waals surface area contributed by atoms with Crippen molar-refractivity contribution in [3.63, 3.8) is 0 Å². The van der Waals surface area contributed by atoms with Gasteiger partial charge < -0.3 is 9.47 Å². The minimum absolute atomic E-state index is 0.0577. The van der Waals surface area contributed by atoms with Gasteiger partial charge in [0.1, 0.15) is 0 Å². The molecule has 0 rings (SSSR count). The highest BCUT2D eigenvalue weighted by molar-refractivity contribution is 5.72. The van der Waals surface area contributed by atoms with Crippen LogP contribution in [-0.4, -0.2) is 26.2 Å². The van der Waals surface area contributed by atoms with E-state index in [0.717, 1.165) is 43.4 Å². The van der Waals surface area contributed by atoms with Crippen LogP contribution in [-0.2, 0) is 19.1 Å². The molecule has 0 bridgehead atoms. The summed E-state index contributed by atoms with van der Waals surface area (Å²) < 4.78 is 9.44. The molecule has 0 saturated heterocycles. The third-order valence-electron chi connectivity index (χ3n) is 7.27. The molecule has 204 valence electrons. The van der Waals surface area contributed by atoms with E-state index in [-0.39, 0.29) is 23.8 Å². The molecule has 0 N–H and O–H groups in total. The molecule has 0 amide bonds. The topological polar surface area (TPSA) is 52.6 Å². The number of esters is 2. The van der Waals surface area contributed by atoms with Crippen LogP contribution in [0.5, 0.6) is 0 Å². The van der Waals surface area contributed by atoms with Gasteiger partial charge in [0, 0.05) is 0 Å². The predicted octanol–water partition coefficient (Wildman–Crippen LogP) is 9.00. The molecule has 4 heteroatoms. The third kappa shape index (κ3) is 21.5. The molecule has 0 aromatic rings. The zero-order chi connectivity index (χ0) is 26.4. The average Bonchev–Trinajstić information content (AvgIpc) is 2.83. The molecule has 0 aliphatic carbocycles. The van der Waals surface area contributed by atoms with E-state index in [1.807, 2.05) is 13.8 Å². The summed E-state index contributed by atoms with van der Waals surface area (Å²) in [4.78, 5) is 22.4. The average molecular weight is 485 g/mol. The molecule has 0 fully saturated rings. The normalized spacial score (nSPS) is 15.3. The number of rotatable bonds is 19. The number of hydrogen-bond acceptors (Lipinski definition) is 4. The first-order valence-electron chi connectivity index (χ1n) is 14.3. The van der Waals surface area contributed by atoms with Crippen molar-refractivity contribution < 1.29 is 19.1 Å². The fourth-order valence-electron chi connectivity index (χ4n) is 4.23. The fourth-order valence-corrected chi connectivity index (χ4v) is 4.23. The summed E-state index contributed by atoms with van der Waals surface area (Å²) in [5.41, 5.74) is 0. The lowest BCUT2D eigenvalue weighted by Crippen LogP contribution is -2.12. The van der Waals surface area contributed by atoms with Crippen LogP contribution in [0.15, 0.2) is 0 Å². The van der Waals surface area contributed by atoms with Crippen molar-refractivity contribution in [1.82, 2.24) is 0 Å². The first kappa shape index (κ1) is 35.1. The molecule has 5 unspecified atom stereocenters. The quantitative estimate of drug-likeness (QED) is 0.135. The maximum Gasteiger partial charge on any atom is 0.308 e. The number of unbranched alkanes of at least 4 members (excludes halogenated alkanes) is 2. The zero-order valence-electron chi connectivity index (χ0n) is 24.4. The Bertz CT molecular complexity index is 476. The molecule has 0 heterocycles. The molecule has 0 aliphatic heterocycles. The first-order valence-corrected chi connectivity index (χ1v) is 14.3. The molecule has 34 heavy (non-hydrogen) atoms. The molecule has 0 spiro atoms. The summed E-state index contributed by atoms with van der Waals surface area (Å²) >= 11 is 0. The lowest BCUT2D eigenvalue weighted by Gasteiger charge is -2.14. The molecule has 0 aromatic carbocycles. The third-order valence-corrected chi connectivity index (χ3v) is 7.27. The van der Waals surface area contributed by atoms with E-state index in [2.05, 4.69) is 34.6 Å². The summed E-state index contributed by atoms with van der Waals surface area (Å²) in [5, 5.41) is 0. The van der Waals surface area contributed by atoms with Crippen molar-refractivity contribution in [3.05, 3.63) is 0 Å². The van der Waals surface area contributed by atoms with E-state index in [4.69, 9.17) is 9.47 Å². The highest BCUT2D eigenvalue weighted by Gasteiger charge is 2.14. The standard InChI is InChI=1S/C16H32O2.C14H28O2/c1-6-13(2)9-7-10-14(3)11-8-12-15(4)16(17)18-5;1-5-6-7-9-12(2)10-8-11-13(3)14(15)16-4/h13-15H,6-12H2,1-5H3;12-13H,5-11H2,1-4H3. The first-order chi connectivity index (χ1) is 16.1. The Morgan fingerprint density at radius 1 is 0.529 bits per heavy atom. The van der Waals surface area contributed by atoms with Gasteiger partial charge in [0.15, 0.2) is 0 Å². The van der Waals surface area contributed by atoms with Gasteiger partial charge in [-0.1, -0.05) is 126 Å². The maximum atomic E-state index is 11.2. The molecule has 0 aromatic heterocycles. The molecule has 0 aliphatic rings. The van der Waals surface area contributed by atoms with Crippen molar-refractivity contribution in [2.75, 3.05) is 14.2 Å². The largest absolute Gasteiger partial charge is 0.469 e. The van der Waals surface area contributed by atoms with Gasteiger partial charge >= 0.3 is 11.9 Å². The minimum Gasteiger partial charge on any atom is -0.469 e. The van der Waals surface area contributed by atoms with Gasteiger partial charge in [-0.15, -0.1) is 0 Å². The molecule has 4 nitrogen and oxygen atoms in total. The van der Waals surface area contributed by atoms with E-state index in [1.54, 1.807) is 0 Å². The van der Waals surface area contributed by atoms with Crippen molar-refractivity contribution in [3.8, 4) is 0 Å². The predicted molar refractivity (Wildman–Crippen MR) is 146 cm³/mol. The Morgan fingerprint density at radius 3 is 1.24 bits per heavy atom. The van der Waals surface area contributed by atoms with Crippen LogP contribution in [0, 0.1) is 29.6 Å². The molecular weight excluding hydrogens is 424 g/mol. The second kappa shape index (κ2) is 23.7. The van der Waals surface area contributed by atoms with Crippen molar-refractivity contribution in [1.29, 1.82) is 0 Å². The SMILES string of the molecule is CCC(C)CCCC(C)CCCC(C)C(=O)OC.CCCCCC(C)CCCC(C)C(=O)OC. The highest BCUT2D eigenvalue weighted by Crippen LogP contribution is 2.21. The van der Waals surface area contributed by atoms with Gasteiger partial charge in [-0.25, -0.2) is 0 Å². The Hall–Kier alpha value is -1.06. The smallest absolute Gasteiger partial charge is 0.308 e. The number of carbonyl (C=O) groups excluding carboxylic acids is 2. The lowest BCUT2D eigenvalue weighted by atomic mass is 9.92. The summed E-state index contributed by atoms with van der Waals surface area (Å²) in [5.74, 6) is 2.44. The molecule has 0 saturated carbocycles. The fraction of sp³-hybridized carbons (Fsp3) is 0.933. The van der Waals surface area contributed by atoms with Gasteiger partial charge in [-0.05, 0) is 30.6 Å². The Balaban J connectivity index is 0. The number of carbonyl (C=O) groups is 2. The van der Waals surface area contributed by atoms with Crippen LogP contribution in [0.1, 0.15) is 138 Å². The van der Waals surface area contributed by atoms with Gasteiger partial charge in [0.25, 0.3) is 0 Å². The van der Waals surface area contributed by atoms with Crippen molar-refractivity contribution in [2.24, 2.45) is 29.6 Å². The second-order valence-electron chi connectivity index (χ2n) is 10.9. The van der Waals surface area contributed by atoms with E-state index in [0.29, 0.717) is 0 Å². The van der Waals surface area contributed by atoms with Crippen LogP contribution in [0.2, 0.25) is 0 Å². The van der Waals surface area contributed by atoms with Gasteiger partial charge in [-0.3, -0.25) is 9.59 Å². The van der Waals surface area contributed by atoms with E-state index in [9.17, 15) is 9.59 Å².